The molecule has 0 aliphatic heterocycles. The normalized spacial score (nSPS) is 12.2. The Kier molecular flexibility index (Phi) is 10.9. The van der Waals surface area contributed by atoms with E-state index >= 15 is 0 Å². The number of nitrogens with zero attached hydrogens (tertiary/aromatic N) is 2. The van der Waals surface area contributed by atoms with Crippen LogP contribution in [0.4, 0.5) is 5.69 Å². The smallest absolute Gasteiger partial charge is 0.264 e. The van der Waals surface area contributed by atoms with Crippen molar-refractivity contribution in [1.29, 1.82) is 0 Å². The Balaban J connectivity index is 1.84. The van der Waals surface area contributed by atoms with E-state index in [2.05, 4.69) is 5.32 Å². The highest BCUT2D eigenvalue weighted by atomic mass is 32.2. The van der Waals surface area contributed by atoms with Crippen molar-refractivity contribution >= 4 is 27.5 Å². The van der Waals surface area contributed by atoms with Crippen LogP contribution in [0.3, 0.4) is 0 Å². The SMILES string of the molecule is COc1cccc(N(CC(=O)N(Cc2ccccc2C)[C@H](Cc2ccccc2)C(=O)NC(C)(C)C)S(=O)(=O)c2ccc(C)cc2)c1. The second kappa shape index (κ2) is 14.6. The second-order valence-corrected chi connectivity index (χ2v) is 14.3. The quantitative estimate of drug-likeness (QED) is 0.203. The third-order valence-electron chi connectivity index (χ3n) is 7.60. The molecule has 242 valence electrons. The number of rotatable bonds is 12. The van der Waals surface area contributed by atoms with E-state index in [9.17, 15) is 18.0 Å². The monoisotopic (exact) mass is 641 g/mol. The van der Waals surface area contributed by atoms with Gasteiger partial charge in [0, 0.05) is 24.6 Å². The molecule has 46 heavy (non-hydrogen) atoms. The fraction of sp³-hybridized carbons (Fsp3) is 0.297. The van der Waals surface area contributed by atoms with Crippen molar-refractivity contribution in [3.8, 4) is 5.75 Å². The fourth-order valence-electron chi connectivity index (χ4n) is 5.11. The highest BCUT2D eigenvalue weighted by molar-refractivity contribution is 7.92. The van der Waals surface area contributed by atoms with E-state index in [0.29, 0.717) is 5.75 Å². The molecule has 0 spiro atoms. The molecular formula is C37H43N3O5S. The van der Waals surface area contributed by atoms with Crippen LogP contribution in [-0.4, -0.2) is 50.4 Å². The van der Waals surface area contributed by atoms with Crippen LogP contribution in [0.15, 0.2) is 108 Å². The Hall–Kier alpha value is -4.63. The van der Waals surface area contributed by atoms with Gasteiger partial charge in [-0.3, -0.25) is 13.9 Å². The van der Waals surface area contributed by atoms with Gasteiger partial charge in [0.05, 0.1) is 17.7 Å². The number of nitrogens with one attached hydrogen (secondary N) is 1. The third-order valence-corrected chi connectivity index (χ3v) is 9.39. The minimum absolute atomic E-state index is 0.0467. The minimum Gasteiger partial charge on any atom is -0.497 e. The van der Waals surface area contributed by atoms with Gasteiger partial charge >= 0.3 is 0 Å². The van der Waals surface area contributed by atoms with Crippen molar-refractivity contribution in [2.75, 3.05) is 18.0 Å². The Morgan fingerprint density at radius 2 is 1.50 bits per heavy atom. The van der Waals surface area contributed by atoms with Crippen molar-refractivity contribution in [2.45, 2.75) is 64.1 Å². The second-order valence-electron chi connectivity index (χ2n) is 12.4. The maximum absolute atomic E-state index is 14.6. The standard InChI is InChI=1S/C37H43N3O5S/c1-27-19-21-33(22-20-27)46(43,44)40(31-17-12-18-32(24-31)45-6)26-35(41)39(25-30-16-11-10-13-28(30)2)34(36(42)38-37(3,4)5)23-29-14-8-7-9-15-29/h7-22,24,34H,23,25-26H2,1-6H3,(H,38,42)/t34-/m1/s1. The summed E-state index contributed by atoms with van der Waals surface area (Å²) in [6, 6.07) is 29.3. The number of hydrogen-bond donors (Lipinski definition) is 1. The predicted molar refractivity (Wildman–Crippen MR) is 182 cm³/mol. The molecule has 0 saturated heterocycles. The number of carbonyl (C=O) groups excluding carboxylic acids is 2. The largest absolute Gasteiger partial charge is 0.497 e. The van der Waals surface area contributed by atoms with E-state index in [4.69, 9.17) is 4.74 Å². The van der Waals surface area contributed by atoms with Crippen LogP contribution in [0, 0.1) is 13.8 Å². The molecule has 0 aromatic heterocycles. The van der Waals surface area contributed by atoms with Crippen LogP contribution in [0.5, 0.6) is 5.75 Å². The lowest BCUT2D eigenvalue weighted by Crippen LogP contribution is -2.56. The third kappa shape index (κ3) is 8.75. The number of carbonyl (C=O) groups is 2. The number of methoxy groups -OCH3 is 1. The number of ether oxygens (including phenoxy) is 1. The molecule has 9 heteroatoms. The lowest BCUT2D eigenvalue weighted by atomic mass is 10.00. The van der Waals surface area contributed by atoms with Gasteiger partial charge in [-0.2, -0.15) is 0 Å². The van der Waals surface area contributed by atoms with Crippen LogP contribution in [0.1, 0.15) is 43.0 Å². The molecule has 4 aromatic rings. The summed E-state index contributed by atoms with van der Waals surface area (Å²) in [6.45, 7) is 9.05. The zero-order valence-corrected chi connectivity index (χ0v) is 28.2. The molecular weight excluding hydrogens is 598 g/mol. The average molecular weight is 642 g/mol. The molecule has 1 N–H and O–H groups in total. The minimum atomic E-state index is -4.21. The molecule has 0 aliphatic rings. The number of aryl methyl sites for hydroxylation is 2. The topological polar surface area (TPSA) is 96.0 Å². The van der Waals surface area contributed by atoms with E-state index in [1.165, 1.54) is 24.1 Å². The summed E-state index contributed by atoms with van der Waals surface area (Å²) < 4.78 is 35.0. The molecule has 0 bridgehead atoms. The summed E-state index contributed by atoms with van der Waals surface area (Å²) in [5.74, 6) is -0.406. The molecule has 1 atom stereocenters. The molecule has 0 saturated carbocycles. The van der Waals surface area contributed by atoms with Crippen LogP contribution in [0.25, 0.3) is 0 Å². The number of sulfonamides is 1. The van der Waals surface area contributed by atoms with Gasteiger partial charge in [-0.05, 0) is 75.6 Å². The number of anilines is 1. The summed E-state index contributed by atoms with van der Waals surface area (Å²) in [7, 11) is -2.71. The molecule has 0 aliphatic carbocycles. The summed E-state index contributed by atoms with van der Waals surface area (Å²) in [4.78, 5) is 30.2. The van der Waals surface area contributed by atoms with Gasteiger partial charge in [0.15, 0.2) is 0 Å². The van der Waals surface area contributed by atoms with Crippen molar-refractivity contribution < 1.29 is 22.7 Å². The van der Waals surface area contributed by atoms with Crippen molar-refractivity contribution in [2.24, 2.45) is 0 Å². The Bertz CT molecular complexity index is 1750. The van der Waals surface area contributed by atoms with Crippen molar-refractivity contribution in [3.63, 3.8) is 0 Å². The Morgan fingerprint density at radius 1 is 0.848 bits per heavy atom. The van der Waals surface area contributed by atoms with Crippen LogP contribution in [0.2, 0.25) is 0 Å². The molecule has 2 amide bonds. The zero-order chi connectivity index (χ0) is 33.5. The number of amides is 2. The van der Waals surface area contributed by atoms with Crippen LogP contribution in [-0.2, 0) is 32.6 Å². The summed E-state index contributed by atoms with van der Waals surface area (Å²) in [6.07, 6.45) is 0.240. The van der Waals surface area contributed by atoms with Gasteiger partial charge < -0.3 is 15.0 Å². The van der Waals surface area contributed by atoms with Gasteiger partial charge in [-0.1, -0.05) is 78.4 Å². The van der Waals surface area contributed by atoms with E-state index in [1.54, 1.807) is 36.4 Å². The lowest BCUT2D eigenvalue weighted by Gasteiger charge is -2.35. The molecule has 4 rings (SSSR count). The molecule has 4 aromatic carbocycles. The van der Waals surface area contributed by atoms with Gasteiger partial charge in [-0.15, -0.1) is 0 Å². The molecule has 0 unspecified atom stereocenters. The zero-order valence-electron chi connectivity index (χ0n) is 27.4. The van der Waals surface area contributed by atoms with Crippen LogP contribution < -0.4 is 14.4 Å². The first-order valence-corrected chi connectivity index (χ1v) is 16.7. The van der Waals surface area contributed by atoms with Gasteiger partial charge in [0.25, 0.3) is 10.0 Å². The average Bonchev–Trinajstić information content (AvgIpc) is 3.02. The molecule has 8 nitrogen and oxygen atoms in total. The van der Waals surface area contributed by atoms with Crippen LogP contribution >= 0.6 is 0 Å². The summed E-state index contributed by atoms with van der Waals surface area (Å²) in [5, 5.41) is 3.06. The Morgan fingerprint density at radius 3 is 2.13 bits per heavy atom. The number of hydrogen-bond acceptors (Lipinski definition) is 5. The van der Waals surface area contributed by atoms with Gasteiger partial charge in [-0.25, -0.2) is 8.42 Å². The van der Waals surface area contributed by atoms with E-state index < -0.39 is 34.1 Å². The first-order chi connectivity index (χ1) is 21.8. The summed E-state index contributed by atoms with van der Waals surface area (Å²) >= 11 is 0. The number of benzene rings is 4. The van der Waals surface area contributed by atoms with Crippen molar-refractivity contribution in [1.82, 2.24) is 10.2 Å². The first-order valence-electron chi connectivity index (χ1n) is 15.2. The lowest BCUT2D eigenvalue weighted by molar-refractivity contribution is -0.140. The van der Waals surface area contributed by atoms with E-state index in [1.807, 2.05) is 89.2 Å². The van der Waals surface area contributed by atoms with E-state index in [0.717, 1.165) is 26.6 Å². The first kappa shape index (κ1) is 34.2. The van der Waals surface area contributed by atoms with Crippen molar-refractivity contribution in [3.05, 3.63) is 125 Å². The van der Waals surface area contributed by atoms with Gasteiger partial charge in [0.2, 0.25) is 11.8 Å². The van der Waals surface area contributed by atoms with E-state index in [-0.39, 0.29) is 29.5 Å². The van der Waals surface area contributed by atoms with Gasteiger partial charge in [0.1, 0.15) is 18.3 Å². The molecule has 0 radical (unpaired) electrons. The summed E-state index contributed by atoms with van der Waals surface area (Å²) in [5.41, 5.74) is 3.28. The highest BCUT2D eigenvalue weighted by Crippen LogP contribution is 2.28. The maximum Gasteiger partial charge on any atom is 0.264 e. The highest BCUT2D eigenvalue weighted by Gasteiger charge is 2.36. The predicted octanol–water partition coefficient (Wildman–Crippen LogP) is 6.06. The molecule has 0 heterocycles. The Labute approximate surface area is 273 Å². The molecule has 0 fully saturated rings. The maximum atomic E-state index is 14.6. The fourth-order valence-corrected chi connectivity index (χ4v) is 6.52.